The van der Waals surface area contributed by atoms with Crippen LogP contribution in [0, 0.1) is 0 Å². The van der Waals surface area contributed by atoms with E-state index in [1.807, 2.05) is 32.6 Å². The lowest BCUT2D eigenvalue weighted by Crippen LogP contribution is -2.43. The van der Waals surface area contributed by atoms with Crippen molar-refractivity contribution in [3.63, 3.8) is 0 Å². The molecule has 0 spiro atoms. The van der Waals surface area contributed by atoms with E-state index in [-0.39, 0.29) is 18.4 Å². The van der Waals surface area contributed by atoms with Crippen LogP contribution in [0.15, 0.2) is 0 Å². The molecular formula is C13H26N2O3. The second kappa shape index (κ2) is 8.91. The third-order valence-corrected chi connectivity index (χ3v) is 3.02. The highest BCUT2D eigenvalue weighted by molar-refractivity contribution is 5.78. The van der Waals surface area contributed by atoms with Crippen LogP contribution in [0.2, 0.25) is 0 Å². The predicted octanol–water partition coefficient (Wildman–Crippen LogP) is 1.43. The number of rotatable bonds is 9. The van der Waals surface area contributed by atoms with Crippen LogP contribution in [0.3, 0.4) is 0 Å². The second-order valence-corrected chi connectivity index (χ2v) is 4.63. The van der Waals surface area contributed by atoms with Gasteiger partial charge in [-0.25, -0.2) is 0 Å². The van der Waals surface area contributed by atoms with Crippen molar-refractivity contribution in [2.75, 3.05) is 26.2 Å². The van der Waals surface area contributed by atoms with Gasteiger partial charge in [0.1, 0.15) is 0 Å². The van der Waals surface area contributed by atoms with Crippen molar-refractivity contribution < 1.29 is 14.7 Å². The maximum absolute atomic E-state index is 12.0. The summed E-state index contributed by atoms with van der Waals surface area (Å²) >= 11 is 0. The molecule has 0 aromatic rings. The van der Waals surface area contributed by atoms with Gasteiger partial charge in [0.15, 0.2) is 0 Å². The number of aliphatic carboxylic acids is 1. The molecular weight excluding hydrogens is 232 g/mol. The number of hydrogen-bond acceptors (Lipinski definition) is 3. The first-order valence-electron chi connectivity index (χ1n) is 6.65. The van der Waals surface area contributed by atoms with E-state index in [2.05, 4.69) is 0 Å². The molecule has 0 saturated carbocycles. The first-order chi connectivity index (χ1) is 8.42. The molecule has 0 aliphatic carbocycles. The monoisotopic (exact) mass is 258 g/mol. The Hall–Kier alpha value is -1.10. The van der Waals surface area contributed by atoms with Gasteiger partial charge in [-0.1, -0.05) is 0 Å². The minimum atomic E-state index is -0.784. The molecule has 0 aliphatic rings. The summed E-state index contributed by atoms with van der Waals surface area (Å²) in [4.78, 5) is 26.3. The molecule has 0 heterocycles. The van der Waals surface area contributed by atoms with Crippen molar-refractivity contribution in [1.82, 2.24) is 9.80 Å². The summed E-state index contributed by atoms with van der Waals surface area (Å²) in [7, 11) is 0. The van der Waals surface area contributed by atoms with Gasteiger partial charge in [0.05, 0.1) is 6.54 Å². The predicted molar refractivity (Wildman–Crippen MR) is 71.5 cm³/mol. The Morgan fingerprint density at radius 2 is 1.72 bits per heavy atom. The molecule has 0 unspecified atom stereocenters. The molecule has 0 aliphatic heterocycles. The highest BCUT2D eigenvalue weighted by atomic mass is 16.4. The first-order valence-corrected chi connectivity index (χ1v) is 6.65. The number of likely N-dealkylation sites (N-methyl/N-ethyl adjacent to an activating group) is 1. The van der Waals surface area contributed by atoms with Gasteiger partial charge in [0, 0.05) is 25.6 Å². The normalized spacial score (nSPS) is 11.0. The zero-order valence-electron chi connectivity index (χ0n) is 12.0. The fraction of sp³-hybridized carbons (Fsp3) is 0.846. The summed E-state index contributed by atoms with van der Waals surface area (Å²) < 4.78 is 0. The Morgan fingerprint density at radius 3 is 2.11 bits per heavy atom. The maximum Gasteiger partial charge on any atom is 0.303 e. The van der Waals surface area contributed by atoms with Crippen molar-refractivity contribution in [3.8, 4) is 0 Å². The van der Waals surface area contributed by atoms with E-state index >= 15 is 0 Å². The van der Waals surface area contributed by atoms with Crippen molar-refractivity contribution in [2.24, 2.45) is 0 Å². The van der Waals surface area contributed by atoms with Crippen molar-refractivity contribution >= 4 is 11.9 Å². The SMILES string of the molecule is CCN(CC)C(=O)CN(CCCC(=O)O)C(C)C. The van der Waals surface area contributed by atoms with Gasteiger partial charge in [-0.15, -0.1) is 0 Å². The smallest absolute Gasteiger partial charge is 0.303 e. The van der Waals surface area contributed by atoms with E-state index < -0.39 is 5.97 Å². The van der Waals surface area contributed by atoms with E-state index in [1.165, 1.54) is 0 Å². The molecule has 0 radical (unpaired) electrons. The molecule has 0 fully saturated rings. The van der Waals surface area contributed by atoms with Gasteiger partial charge in [-0.3, -0.25) is 14.5 Å². The molecule has 0 bridgehead atoms. The van der Waals surface area contributed by atoms with Crippen LogP contribution in [0.25, 0.3) is 0 Å². The Labute approximate surface area is 110 Å². The number of nitrogens with zero attached hydrogens (tertiary/aromatic N) is 2. The molecule has 0 saturated heterocycles. The van der Waals surface area contributed by atoms with E-state index in [1.54, 1.807) is 4.90 Å². The maximum atomic E-state index is 12.0. The average molecular weight is 258 g/mol. The summed E-state index contributed by atoms with van der Waals surface area (Å²) in [5.41, 5.74) is 0. The van der Waals surface area contributed by atoms with E-state index in [0.29, 0.717) is 19.5 Å². The summed E-state index contributed by atoms with van der Waals surface area (Å²) in [6, 6.07) is 0.248. The van der Waals surface area contributed by atoms with E-state index in [4.69, 9.17) is 5.11 Å². The van der Waals surface area contributed by atoms with Crippen LogP contribution in [0.1, 0.15) is 40.5 Å². The largest absolute Gasteiger partial charge is 0.481 e. The van der Waals surface area contributed by atoms with Gasteiger partial charge in [0.2, 0.25) is 5.91 Å². The van der Waals surface area contributed by atoms with E-state index in [9.17, 15) is 9.59 Å². The zero-order valence-corrected chi connectivity index (χ0v) is 12.0. The Morgan fingerprint density at radius 1 is 1.17 bits per heavy atom. The molecule has 0 atom stereocenters. The van der Waals surface area contributed by atoms with Crippen LogP contribution in [-0.2, 0) is 9.59 Å². The zero-order chi connectivity index (χ0) is 14.1. The first kappa shape index (κ1) is 16.9. The Balaban J connectivity index is 4.26. The number of carboxylic acids is 1. The van der Waals surface area contributed by atoms with Crippen LogP contribution < -0.4 is 0 Å². The number of amides is 1. The van der Waals surface area contributed by atoms with Crippen LogP contribution in [-0.4, -0.2) is 59.0 Å². The Kier molecular flexibility index (Phi) is 8.37. The molecule has 18 heavy (non-hydrogen) atoms. The second-order valence-electron chi connectivity index (χ2n) is 4.63. The minimum Gasteiger partial charge on any atom is -0.481 e. The van der Waals surface area contributed by atoms with Crippen molar-refractivity contribution in [1.29, 1.82) is 0 Å². The fourth-order valence-corrected chi connectivity index (χ4v) is 1.80. The highest BCUT2D eigenvalue weighted by Crippen LogP contribution is 2.03. The molecule has 1 amide bonds. The standard InChI is InChI=1S/C13H26N2O3/c1-5-14(6-2)12(16)10-15(11(3)4)9-7-8-13(17)18/h11H,5-10H2,1-4H3,(H,17,18). The quantitative estimate of drug-likeness (QED) is 0.679. The highest BCUT2D eigenvalue weighted by Gasteiger charge is 2.17. The minimum absolute atomic E-state index is 0.115. The number of carbonyl (C=O) groups is 2. The van der Waals surface area contributed by atoms with Crippen molar-refractivity contribution in [2.45, 2.75) is 46.6 Å². The molecule has 0 rings (SSSR count). The molecule has 5 nitrogen and oxygen atoms in total. The molecule has 106 valence electrons. The average Bonchev–Trinajstić information content (AvgIpc) is 2.28. The topological polar surface area (TPSA) is 60.9 Å². The van der Waals surface area contributed by atoms with Crippen LogP contribution >= 0.6 is 0 Å². The summed E-state index contributed by atoms with van der Waals surface area (Å²) in [6.45, 7) is 10.4. The van der Waals surface area contributed by atoms with Gasteiger partial charge >= 0.3 is 5.97 Å². The molecule has 0 aromatic heterocycles. The fourth-order valence-electron chi connectivity index (χ4n) is 1.80. The van der Waals surface area contributed by atoms with Gasteiger partial charge in [-0.2, -0.15) is 0 Å². The molecule has 5 heteroatoms. The van der Waals surface area contributed by atoms with Gasteiger partial charge in [-0.05, 0) is 40.7 Å². The number of carbonyl (C=O) groups excluding carboxylic acids is 1. The summed E-state index contributed by atoms with van der Waals surface area (Å²) in [5.74, 6) is -0.669. The lowest BCUT2D eigenvalue weighted by Gasteiger charge is -2.28. The van der Waals surface area contributed by atoms with Crippen LogP contribution in [0.5, 0.6) is 0 Å². The molecule has 1 N–H and O–H groups in total. The number of hydrogen-bond donors (Lipinski definition) is 1. The Bertz CT molecular complexity index is 263. The lowest BCUT2D eigenvalue weighted by atomic mass is 10.2. The number of carboxylic acid groups (broad SMARTS) is 1. The van der Waals surface area contributed by atoms with Crippen LogP contribution in [0.4, 0.5) is 0 Å². The third kappa shape index (κ3) is 6.59. The third-order valence-electron chi connectivity index (χ3n) is 3.02. The van der Waals surface area contributed by atoms with Gasteiger partial charge in [0.25, 0.3) is 0 Å². The lowest BCUT2D eigenvalue weighted by molar-refractivity contribution is -0.137. The van der Waals surface area contributed by atoms with E-state index in [0.717, 1.165) is 13.1 Å². The summed E-state index contributed by atoms with van der Waals surface area (Å²) in [5, 5.41) is 8.62. The molecule has 0 aromatic carbocycles. The van der Waals surface area contributed by atoms with Crippen molar-refractivity contribution in [3.05, 3.63) is 0 Å². The summed E-state index contributed by atoms with van der Waals surface area (Å²) in [6.07, 6.45) is 0.738. The van der Waals surface area contributed by atoms with Gasteiger partial charge < -0.3 is 10.0 Å².